The molecular weight excluding hydrogens is 340 g/mol. The first kappa shape index (κ1) is 13.9. The first-order valence-corrected chi connectivity index (χ1v) is 8.66. The summed E-state index contributed by atoms with van der Waals surface area (Å²) in [5, 5.41) is 0. The number of fused-ring (bicyclic) bond motifs is 1. The number of sulfonamides is 1. The summed E-state index contributed by atoms with van der Waals surface area (Å²) in [6.07, 6.45) is 1.99. The molecule has 1 aliphatic rings. The number of hydrogen-bond donors (Lipinski definition) is 0. The van der Waals surface area contributed by atoms with Crippen LogP contribution in [-0.2, 0) is 16.6 Å². The summed E-state index contributed by atoms with van der Waals surface area (Å²) in [4.78, 5) is 0.332. The zero-order chi connectivity index (χ0) is 14.3. The van der Waals surface area contributed by atoms with Crippen molar-refractivity contribution in [2.24, 2.45) is 0 Å². The smallest absolute Gasteiger partial charge is 0.243 e. The van der Waals surface area contributed by atoms with Crippen LogP contribution in [0.15, 0.2) is 52.0 Å². The van der Waals surface area contributed by atoms with Gasteiger partial charge in [0.25, 0.3) is 0 Å². The van der Waals surface area contributed by atoms with Crippen LogP contribution in [0.1, 0.15) is 18.7 Å². The van der Waals surface area contributed by atoms with Crippen molar-refractivity contribution in [3.63, 3.8) is 0 Å². The summed E-state index contributed by atoms with van der Waals surface area (Å²) in [6.45, 7) is 3.12. The molecule has 1 atom stereocenters. The summed E-state index contributed by atoms with van der Waals surface area (Å²) in [5.41, 5.74) is 1.04. The van der Waals surface area contributed by atoms with Crippen LogP contribution in [0.5, 0.6) is 0 Å². The lowest BCUT2D eigenvalue weighted by Crippen LogP contribution is -2.40. The van der Waals surface area contributed by atoms with Gasteiger partial charge in [0, 0.05) is 29.5 Å². The van der Waals surface area contributed by atoms with E-state index < -0.39 is 10.0 Å². The molecule has 2 heterocycles. The normalized spacial score (nSPS) is 19.8. The Kier molecular flexibility index (Phi) is 3.48. The lowest BCUT2D eigenvalue weighted by atomic mass is 10.2. The van der Waals surface area contributed by atoms with Crippen LogP contribution in [-0.4, -0.2) is 23.8 Å². The van der Waals surface area contributed by atoms with Gasteiger partial charge in [0.05, 0.1) is 10.9 Å². The molecule has 3 rings (SSSR count). The van der Waals surface area contributed by atoms with E-state index in [4.69, 9.17) is 0 Å². The molecule has 0 amide bonds. The van der Waals surface area contributed by atoms with E-state index in [1.807, 2.05) is 31.3 Å². The van der Waals surface area contributed by atoms with Crippen LogP contribution in [0, 0.1) is 0 Å². The highest BCUT2D eigenvalue weighted by Gasteiger charge is 2.33. The summed E-state index contributed by atoms with van der Waals surface area (Å²) in [6, 6.07) is 10.6. The highest BCUT2D eigenvalue weighted by Crippen LogP contribution is 2.31. The second-order valence-electron chi connectivity index (χ2n) is 4.88. The fraction of sp³-hybridized carbons (Fsp3) is 0.286. The first-order valence-electron chi connectivity index (χ1n) is 6.42. The first-order chi connectivity index (χ1) is 9.50. The summed E-state index contributed by atoms with van der Waals surface area (Å²) in [5.74, 6) is 0. The molecule has 0 radical (unpaired) electrons. The van der Waals surface area contributed by atoms with Gasteiger partial charge in [-0.2, -0.15) is 4.31 Å². The lowest BCUT2D eigenvalue weighted by Gasteiger charge is -2.33. The zero-order valence-electron chi connectivity index (χ0n) is 11.0. The third-order valence-corrected chi connectivity index (χ3v) is 6.15. The zero-order valence-corrected chi connectivity index (χ0v) is 13.4. The average Bonchev–Trinajstić information content (AvgIpc) is 2.88. The molecule has 0 spiro atoms. The van der Waals surface area contributed by atoms with E-state index in [0.29, 0.717) is 18.0 Å². The predicted molar refractivity (Wildman–Crippen MR) is 80.9 cm³/mol. The monoisotopic (exact) mass is 354 g/mol. The Morgan fingerprint density at radius 2 is 2.00 bits per heavy atom. The van der Waals surface area contributed by atoms with Gasteiger partial charge in [-0.05, 0) is 37.3 Å². The van der Waals surface area contributed by atoms with Gasteiger partial charge < -0.3 is 4.57 Å². The highest BCUT2D eigenvalue weighted by atomic mass is 79.9. The van der Waals surface area contributed by atoms with Crippen molar-refractivity contribution in [1.82, 2.24) is 8.87 Å². The Balaban J connectivity index is 2.01. The van der Waals surface area contributed by atoms with Crippen molar-refractivity contribution in [1.29, 1.82) is 0 Å². The van der Waals surface area contributed by atoms with E-state index in [1.165, 1.54) is 0 Å². The molecule has 0 fully saturated rings. The van der Waals surface area contributed by atoms with Gasteiger partial charge in [-0.1, -0.05) is 22.0 Å². The summed E-state index contributed by atoms with van der Waals surface area (Å²) >= 11 is 3.33. The molecule has 20 heavy (non-hydrogen) atoms. The molecule has 1 aromatic heterocycles. The second-order valence-corrected chi connectivity index (χ2v) is 7.68. The fourth-order valence-corrected chi connectivity index (χ4v) is 4.84. The van der Waals surface area contributed by atoms with Crippen molar-refractivity contribution in [2.75, 3.05) is 6.54 Å². The van der Waals surface area contributed by atoms with Gasteiger partial charge in [-0.15, -0.1) is 0 Å². The Morgan fingerprint density at radius 3 is 2.75 bits per heavy atom. The van der Waals surface area contributed by atoms with Crippen molar-refractivity contribution in [2.45, 2.75) is 24.4 Å². The minimum absolute atomic E-state index is 0.150. The number of nitrogens with zero attached hydrogens (tertiary/aromatic N) is 2. The van der Waals surface area contributed by atoms with E-state index in [0.717, 1.165) is 10.2 Å². The average molecular weight is 355 g/mol. The van der Waals surface area contributed by atoms with E-state index in [9.17, 15) is 8.42 Å². The molecular formula is C14H15BrN2O2S. The van der Waals surface area contributed by atoms with Crippen molar-refractivity contribution < 1.29 is 8.42 Å². The second kappa shape index (κ2) is 5.02. The minimum atomic E-state index is -3.46. The van der Waals surface area contributed by atoms with Crippen molar-refractivity contribution in [3.05, 3.63) is 52.8 Å². The quantitative estimate of drug-likeness (QED) is 0.831. The van der Waals surface area contributed by atoms with Crippen LogP contribution in [0.25, 0.3) is 0 Å². The van der Waals surface area contributed by atoms with Gasteiger partial charge in [0.1, 0.15) is 0 Å². The minimum Gasteiger partial charge on any atom is -0.349 e. The predicted octanol–water partition coefficient (Wildman–Crippen LogP) is 3.02. The molecule has 0 unspecified atom stereocenters. The van der Waals surface area contributed by atoms with E-state index in [2.05, 4.69) is 20.5 Å². The van der Waals surface area contributed by atoms with Crippen molar-refractivity contribution >= 4 is 26.0 Å². The number of halogens is 1. The van der Waals surface area contributed by atoms with E-state index in [1.54, 1.807) is 22.5 Å². The molecule has 0 saturated carbocycles. The Labute approximate surface area is 127 Å². The van der Waals surface area contributed by atoms with Gasteiger partial charge in [-0.25, -0.2) is 8.42 Å². The molecule has 4 nitrogen and oxygen atoms in total. The molecule has 6 heteroatoms. The lowest BCUT2D eigenvalue weighted by molar-refractivity contribution is 0.282. The molecule has 106 valence electrons. The number of aromatic nitrogens is 1. The molecule has 1 aliphatic heterocycles. The van der Waals surface area contributed by atoms with Gasteiger partial charge in [0.2, 0.25) is 10.0 Å². The van der Waals surface area contributed by atoms with E-state index in [-0.39, 0.29) is 6.04 Å². The number of rotatable bonds is 2. The summed E-state index contributed by atoms with van der Waals surface area (Å²) in [7, 11) is -3.46. The summed E-state index contributed by atoms with van der Waals surface area (Å²) < 4.78 is 30.0. The van der Waals surface area contributed by atoms with Crippen LogP contribution in [0.3, 0.4) is 0 Å². The van der Waals surface area contributed by atoms with E-state index >= 15 is 0 Å². The molecule has 1 aromatic carbocycles. The van der Waals surface area contributed by atoms with Crippen LogP contribution in [0.4, 0.5) is 0 Å². The highest BCUT2D eigenvalue weighted by molar-refractivity contribution is 9.10. The topological polar surface area (TPSA) is 42.3 Å². The molecule has 0 N–H and O–H groups in total. The maximum Gasteiger partial charge on any atom is 0.243 e. The number of benzene rings is 1. The third kappa shape index (κ3) is 2.21. The molecule has 0 bridgehead atoms. The van der Waals surface area contributed by atoms with Gasteiger partial charge in [-0.3, -0.25) is 0 Å². The van der Waals surface area contributed by atoms with Crippen LogP contribution < -0.4 is 0 Å². The standard InChI is InChI=1S/C14H15BrN2O2S/c1-11-14-6-3-7-16(14)8-9-17(11)20(18,19)13-5-2-4-12(15)10-13/h2-7,10-11H,8-9H2,1H3/t11-/m0/s1. The fourth-order valence-electron chi connectivity index (χ4n) is 2.65. The Bertz CT molecular complexity index is 739. The number of hydrogen-bond acceptors (Lipinski definition) is 2. The Hall–Kier alpha value is -1.11. The maximum atomic E-state index is 12.8. The van der Waals surface area contributed by atoms with Crippen LogP contribution >= 0.6 is 15.9 Å². The SMILES string of the molecule is C[C@H]1c2cccn2CCN1S(=O)(=O)c1cccc(Br)c1. The molecule has 0 saturated heterocycles. The molecule has 0 aliphatic carbocycles. The van der Waals surface area contributed by atoms with Gasteiger partial charge in [0.15, 0.2) is 0 Å². The van der Waals surface area contributed by atoms with Crippen LogP contribution in [0.2, 0.25) is 0 Å². The van der Waals surface area contributed by atoms with Crippen molar-refractivity contribution in [3.8, 4) is 0 Å². The largest absolute Gasteiger partial charge is 0.349 e. The maximum absolute atomic E-state index is 12.8. The molecule has 2 aromatic rings. The van der Waals surface area contributed by atoms with Gasteiger partial charge >= 0.3 is 0 Å². The third-order valence-electron chi connectivity index (χ3n) is 3.69. The Morgan fingerprint density at radius 1 is 1.20 bits per heavy atom.